The quantitative estimate of drug-likeness (QED) is 0.247. The molecule has 2 saturated carbocycles. The molecular formula is C31H39F3O3. The van der Waals surface area contributed by atoms with Gasteiger partial charge in [-0.1, -0.05) is 51.7 Å². The highest BCUT2D eigenvalue weighted by atomic mass is 19.2. The highest BCUT2D eigenvalue weighted by Gasteiger charge is 2.30. The van der Waals surface area contributed by atoms with Crippen molar-refractivity contribution in [2.24, 2.45) is 5.92 Å². The van der Waals surface area contributed by atoms with Gasteiger partial charge in [-0.3, -0.25) is 0 Å². The molecule has 2 aromatic rings. The third-order valence-corrected chi connectivity index (χ3v) is 8.16. The maximum atomic E-state index is 15.1. The number of ether oxygens (including phenoxy) is 2. The van der Waals surface area contributed by atoms with Crippen LogP contribution in [-0.4, -0.2) is 18.7 Å². The minimum atomic E-state index is -0.726. The van der Waals surface area contributed by atoms with Crippen molar-refractivity contribution < 1.29 is 27.4 Å². The second kappa shape index (κ2) is 12.8. The van der Waals surface area contributed by atoms with E-state index in [1.807, 2.05) is 0 Å². The number of esters is 1. The maximum absolute atomic E-state index is 15.1. The van der Waals surface area contributed by atoms with Crippen LogP contribution in [0.4, 0.5) is 13.2 Å². The standard InChI is InChI=1S/C31H39F3O3/c1-3-4-5-18-36-24-14-15-27(28(32)19-24)31(35)37-23-12-10-22(11-13-23)26-17-16-25(29(33)30(26)34)21-8-6-20(2)7-9-21/h14-17,19-23H,3-13,18H2,1-2H3. The number of carbonyl (C=O) groups is 1. The SMILES string of the molecule is CCCCCOc1ccc(C(=O)OC2CCC(c3ccc(C4CCC(C)CC4)c(F)c3F)CC2)c(F)c1. The van der Waals surface area contributed by atoms with E-state index in [2.05, 4.69) is 13.8 Å². The van der Waals surface area contributed by atoms with Crippen LogP contribution in [0.3, 0.4) is 0 Å². The number of unbranched alkanes of at least 4 members (excludes halogenated alkanes) is 2. The molecule has 0 N–H and O–H groups in total. The summed E-state index contributed by atoms with van der Waals surface area (Å²) in [6, 6.07) is 7.72. The monoisotopic (exact) mass is 516 g/mol. The Morgan fingerprint density at radius 1 is 0.838 bits per heavy atom. The van der Waals surface area contributed by atoms with Crippen LogP contribution in [0.1, 0.15) is 118 Å². The number of halogens is 3. The van der Waals surface area contributed by atoms with Crippen molar-refractivity contribution in [3.63, 3.8) is 0 Å². The molecule has 0 amide bonds. The topological polar surface area (TPSA) is 35.5 Å². The van der Waals surface area contributed by atoms with Crippen LogP contribution in [0.25, 0.3) is 0 Å². The summed E-state index contributed by atoms with van der Waals surface area (Å²) in [7, 11) is 0. The molecule has 0 spiro atoms. The molecule has 6 heteroatoms. The summed E-state index contributed by atoms with van der Waals surface area (Å²) in [4.78, 5) is 12.6. The van der Waals surface area contributed by atoms with Crippen molar-refractivity contribution in [3.8, 4) is 5.75 Å². The second-order valence-corrected chi connectivity index (χ2v) is 10.9. The highest BCUT2D eigenvalue weighted by Crippen LogP contribution is 2.40. The van der Waals surface area contributed by atoms with Gasteiger partial charge in [0.25, 0.3) is 0 Å². The Labute approximate surface area is 218 Å². The molecule has 0 atom stereocenters. The summed E-state index contributed by atoms with van der Waals surface area (Å²) in [5.74, 6) is -1.78. The molecule has 0 heterocycles. The summed E-state index contributed by atoms with van der Waals surface area (Å²) in [6.45, 7) is 4.81. The van der Waals surface area contributed by atoms with Crippen LogP contribution in [0.5, 0.6) is 5.75 Å². The third-order valence-electron chi connectivity index (χ3n) is 8.16. The minimum absolute atomic E-state index is 0.0944. The number of rotatable bonds is 9. The fraction of sp³-hybridized carbons (Fsp3) is 0.581. The summed E-state index contributed by atoms with van der Waals surface area (Å²) >= 11 is 0. The molecule has 2 aliphatic carbocycles. The number of carbonyl (C=O) groups excluding carboxylic acids is 1. The zero-order valence-electron chi connectivity index (χ0n) is 22.0. The summed E-state index contributed by atoms with van der Waals surface area (Å²) in [5, 5.41) is 0. The van der Waals surface area contributed by atoms with Gasteiger partial charge in [0, 0.05) is 6.07 Å². The number of benzene rings is 2. The molecular weight excluding hydrogens is 477 g/mol. The first kappa shape index (κ1) is 27.5. The van der Waals surface area contributed by atoms with E-state index in [-0.39, 0.29) is 23.5 Å². The molecule has 37 heavy (non-hydrogen) atoms. The van der Waals surface area contributed by atoms with E-state index < -0.39 is 23.4 Å². The minimum Gasteiger partial charge on any atom is -0.493 e. The van der Waals surface area contributed by atoms with E-state index in [1.54, 1.807) is 18.2 Å². The molecule has 0 bridgehead atoms. The Kier molecular flexibility index (Phi) is 9.55. The smallest absolute Gasteiger partial charge is 0.341 e. The van der Waals surface area contributed by atoms with E-state index >= 15 is 8.78 Å². The molecule has 0 radical (unpaired) electrons. The molecule has 2 aromatic carbocycles. The van der Waals surface area contributed by atoms with E-state index in [0.717, 1.165) is 44.9 Å². The first-order valence-electron chi connectivity index (χ1n) is 14.0. The van der Waals surface area contributed by atoms with Gasteiger partial charge >= 0.3 is 5.97 Å². The average molecular weight is 517 g/mol. The predicted octanol–water partition coefficient (Wildman–Crippen LogP) is 8.85. The van der Waals surface area contributed by atoms with Crippen LogP contribution in [0.15, 0.2) is 30.3 Å². The first-order chi connectivity index (χ1) is 17.9. The lowest BCUT2D eigenvalue weighted by atomic mass is 9.77. The molecule has 0 aliphatic heterocycles. The summed E-state index contributed by atoms with van der Waals surface area (Å²) < 4.78 is 55.7. The van der Waals surface area contributed by atoms with Crippen LogP contribution < -0.4 is 4.74 Å². The third kappa shape index (κ3) is 6.88. The van der Waals surface area contributed by atoms with Crippen LogP contribution in [-0.2, 0) is 4.74 Å². The maximum Gasteiger partial charge on any atom is 0.341 e. The largest absolute Gasteiger partial charge is 0.493 e. The van der Waals surface area contributed by atoms with Gasteiger partial charge in [0.2, 0.25) is 0 Å². The van der Waals surface area contributed by atoms with Crippen molar-refractivity contribution in [3.05, 3.63) is 64.5 Å². The lowest BCUT2D eigenvalue weighted by Gasteiger charge is -2.30. The molecule has 2 aliphatic rings. The number of hydrogen-bond donors (Lipinski definition) is 0. The van der Waals surface area contributed by atoms with Gasteiger partial charge < -0.3 is 9.47 Å². The van der Waals surface area contributed by atoms with Gasteiger partial charge in [-0.15, -0.1) is 0 Å². The molecule has 0 saturated heterocycles. The van der Waals surface area contributed by atoms with Crippen molar-refractivity contribution in [1.29, 1.82) is 0 Å². The van der Waals surface area contributed by atoms with Gasteiger partial charge in [-0.2, -0.15) is 0 Å². The van der Waals surface area contributed by atoms with Gasteiger partial charge in [0.15, 0.2) is 11.6 Å². The average Bonchev–Trinajstić information content (AvgIpc) is 2.89. The Hall–Kier alpha value is -2.50. The number of hydrogen-bond acceptors (Lipinski definition) is 3. The molecule has 3 nitrogen and oxygen atoms in total. The Bertz CT molecular complexity index is 1050. The lowest BCUT2D eigenvalue weighted by molar-refractivity contribution is 0.0189. The van der Waals surface area contributed by atoms with E-state index in [4.69, 9.17) is 9.47 Å². The highest BCUT2D eigenvalue weighted by molar-refractivity contribution is 5.90. The zero-order chi connectivity index (χ0) is 26.4. The second-order valence-electron chi connectivity index (χ2n) is 10.9. The van der Waals surface area contributed by atoms with Gasteiger partial charge in [-0.25, -0.2) is 18.0 Å². The van der Waals surface area contributed by atoms with Crippen molar-refractivity contribution in [1.82, 2.24) is 0 Å². The Balaban J connectivity index is 1.30. The van der Waals surface area contributed by atoms with E-state index in [9.17, 15) is 9.18 Å². The first-order valence-corrected chi connectivity index (χ1v) is 14.0. The normalized spacial score (nSPS) is 24.0. The zero-order valence-corrected chi connectivity index (χ0v) is 22.0. The summed E-state index contributed by atoms with van der Waals surface area (Å²) in [5.41, 5.74) is 0.801. The van der Waals surface area contributed by atoms with Crippen molar-refractivity contribution >= 4 is 5.97 Å². The molecule has 202 valence electrons. The van der Waals surface area contributed by atoms with Gasteiger partial charge in [0.1, 0.15) is 17.7 Å². The van der Waals surface area contributed by atoms with E-state index in [1.165, 1.54) is 12.1 Å². The Morgan fingerprint density at radius 2 is 1.43 bits per heavy atom. The molecule has 2 fully saturated rings. The van der Waals surface area contributed by atoms with Crippen LogP contribution >= 0.6 is 0 Å². The Morgan fingerprint density at radius 3 is 2.00 bits per heavy atom. The van der Waals surface area contributed by atoms with Gasteiger partial charge in [-0.05, 0) is 86.0 Å². The van der Waals surface area contributed by atoms with Crippen LogP contribution in [0.2, 0.25) is 0 Å². The van der Waals surface area contributed by atoms with Gasteiger partial charge in [0.05, 0.1) is 12.2 Å². The van der Waals surface area contributed by atoms with Crippen molar-refractivity contribution in [2.45, 2.75) is 102 Å². The summed E-state index contributed by atoms with van der Waals surface area (Å²) in [6.07, 6.45) is 8.78. The molecule has 0 unspecified atom stereocenters. The van der Waals surface area contributed by atoms with E-state index in [0.29, 0.717) is 55.1 Å². The van der Waals surface area contributed by atoms with Crippen LogP contribution in [0, 0.1) is 23.4 Å². The molecule has 4 rings (SSSR count). The lowest BCUT2D eigenvalue weighted by Crippen LogP contribution is -2.25. The predicted molar refractivity (Wildman–Crippen MR) is 139 cm³/mol. The molecule has 0 aromatic heterocycles. The fourth-order valence-corrected chi connectivity index (χ4v) is 5.78. The van der Waals surface area contributed by atoms with Crippen molar-refractivity contribution in [2.75, 3.05) is 6.61 Å². The fourth-order valence-electron chi connectivity index (χ4n) is 5.78.